The molecule has 2 N–H and O–H groups in total. The summed E-state index contributed by atoms with van der Waals surface area (Å²) in [5.41, 5.74) is 2.20. The predicted octanol–water partition coefficient (Wildman–Crippen LogP) is 3.10. The number of aromatic nitrogens is 4. The molecular formula is C16H21N5. The van der Waals surface area contributed by atoms with Crippen LogP contribution in [0.25, 0.3) is 11.0 Å². The van der Waals surface area contributed by atoms with E-state index in [0.29, 0.717) is 0 Å². The van der Waals surface area contributed by atoms with Crippen molar-refractivity contribution in [3.05, 3.63) is 48.3 Å². The van der Waals surface area contributed by atoms with Crippen molar-refractivity contribution in [3.8, 4) is 0 Å². The Balaban J connectivity index is 1.86. The average molecular weight is 283 g/mol. The molecule has 5 nitrogen and oxygen atoms in total. The van der Waals surface area contributed by atoms with Crippen LogP contribution < -0.4 is 5.32 Å². The lowest BCUT2D eigenvalue weighted by molar-refractivity contribution is 0.424. The fourth-order valence-electron chi connectivity index (χ4n) is 2.79. The number of fused-ring (bicyclic) bond motifs is 1. The summed E-state index contributed by atoms with van der Waals surface area (Å²) in [6.45, 7) is 4.30. The van der Waals surface area contributed by atoms with E-state index in [1.54, 1.807) is 6.20 Å². The van der Waals surface area contributed by atoms with Crippen molar-refractivity contribution in [1.82, 2.24) is 24.8 Å². The van der Waals surface area contributed by atoms with Crippen LogP contribution >= 0.6 is 0 Å². The first-order valence-corrected chi connectivity index (χ1v) is 7.37. The number of para-hydroxylation sites is 2. The van der Waals surface area contributed by atoms with E-state index in [4.69, 9.17) is 4.98 Å². The molecule has 21 heavy (non-hydrogen) atoms. The summed E-state index contributed by atoms with van der Waals surface area (Å²) in [6, 6.07) is 8.57. The largest absolute Gasteiger partial charge is 0.347 e. The fraction of sp³-hybridized carbons (Fsp3) is 0.375. The molecule has 3 rings (SSSR count). The Bertz CT molecular complexity index is 713. The molecule has 0 saturated carbocycles. The minimum atomic E-state index is 0.150. The number of rotatable bonds is 5. The highest BCUT2D eigenvalue weighted by Crippen LogP contribution is 2.22. The third kappa shape index (κ3) is 2.56. The summed E-state index contributed by atoms with van der Waals surface area (Å²) in [5.74, 6) is 2.02. The number of nitrogens with zero attached hydrogens (tertiary/aromatic N) is 3. The third-order valence-corrected chi connectivity index (χ3v) is 3.92. The highest BCUT2D eigenvalue weighted by atomic mass is 15.1. The molecule has 5 heteroatoms. The number of aromatic amines is 1. The van der Waals surface area contributed by atoms with Gasteiger partial charge >= 0.3 is 0 Å². The molecule has 0 aliphatic heterocycles. The number of imidazole rings is 2. The standard InChI is InChI=1S/C16H21N5/c1-4-12(15-17-9-10-18-15)19-11(2)16-20-13-7-5-6-8-14(13)21(16)3/h5-12,19H,4H2,1-3H3,(H,17,18). The summed E-state index contributed by atoms with van der Waals surface area (Å²) < 4.78 is 2.15. The Labute approximate surface area is 124 Å². The van der Waals surface area contributed by atoms with Gasteiger partial charge in [0.2, 0.25) is 0 Å². The van der Waals surface area contributed by atoms with Crippen molar-refractivity contribution >= 4 is 11.0 Å². The van der Waals surface area contributed by atoms with E-state index >= 15 is 0 Å². The van der Waals surface area contributed by atoms with Crippen LogP contribution in [0.3, 0.4) is 0 Å². The first-order valence-electron chi connectivity index (χ1n) is 7.37. The van der Waals surface area contributed by atoms with Gasteiger partial charge in [-0.1, -0.05) is 19.1 Å². The summed E-state index contributed by atoms with van der Waals surface area (Å²) in [4.78, 5) is 12.3. The first kappa shape index (κ1) is 13.8. The average Bonchev–Trinajstić information content (AvgIpc) is 3.13. The van der Waals surface area contributed by atoms with Gasteiger partial charge in [0.15, 0.2) is 0 Å². The molecule has 1 aromatic carbocycles. The molecule has 0 fully saturated rings. The fourth-order valence-corrected chi connectivity index (χ4v) is 2.79. The summed E-state index contributed by atoms with van der Waals surface area (Å²) in [6.07, 6.45) is 4.63. The number of aryl methyl sites for hydroxylation is 1. The monoisotopic (exact) mass is 283 g/mol. The number of hydrogen-bond donors (Lipinski definition) is 2. The van der Waals surface area contributed by atoms with Crippen molar-refractivity contribution in [1.29, 1.82) is 0 Å². The molecule has 110 valence electrons. The van der Waals surface area contributed by atoms with Gasteiger partial charge in [0.1, 0.15) is 11.6 Å². The Kier molecular flexibility index (Phi) is 3.75. The van der Waals surface area contributed by atoms with E-state index in [-0.39, 0.29) is 12.1 Å². The van der Waals surface area contributed by atoms with Crippen LogP contribution in [0.4, 0.5) is 0 Å². The number of H-pyrrole nitrogens is 1. The molecule has 0 saturated heterocycles. The van der Waals surface area contributed by atoms with Crippen LogP contribution in [0.1, 0.15) is 44.0 Å². The minimum Gasteiger partial charge on any atom is -0.347 e. The Morgan fingerprint density at radius 1 is 1.33 bits per heavy atom. The summed E-state index contributed by atoms with van der Waals surface area (Å²) in [5, 5.41) is 3.61. The van der Waals surface area contributed by atoms with Crippen molar-refractivity contribution in [3.63, 3.8) is 0 Å². The lowest BCUT2D eigenvalue weighted by Crippen LogP contribution is -2.27. The third-order valence-electron chi connectivity index (χ3n) is 3.92. The van der Waals surface area contributed by atoms with Crippen LogP contribution in [-0.2, 0) is 7.05 Å². The zero-order chi connectivity index (χ0) is 14.8. The van der Waals surface area contributed by atoms with Crippen LogP contribution in [0.2, 0.25) is 0 Å². The maximum Gasteiger partial charge on any atom is 0.126 e. The van der Waals surface area contributed by atoms with Gasteiger partial charge in [-0.3, -0.25) is 5.32 Å². The van der Waals surface area contributed by atoms with Crippen LogP contribution in [0.5, 0.6) is 0 Å². The summed E-state index contributed by atoms with van der Waals surface area (Å²) in [7, 11) is 2.07. The predicted molar refractivity (Wildman–Crippen MR) is 83.9 cm³/mol. The van der Waals surface area contributed by atoms with E-state index in [1.165, 1.54) is 0 Å². The minimum absolute atomic E-state index is 0.150. The molecule has 0 radical (unpaired) electrons. The molecule has 0 bridgehead atoms. The molecule has 2 aromatic heterocycles. The zero-order valence-electron chi connectivity index (χ0n) is 12.7. The quantitative estimate of drug-likeness (QED) is 0.756. The topological polar surface area (TPSA) is 58.5 Å². The highest BCUT2D eigenvalue weighted by Gasteiger charge is 2.19. The lowest BCUT2D eigenvalue weighted by Gasteiger charge is -2.20. The molecule has 2 unspecified atom stereocenters. The van der Waals surface area contributed by atoms with Crippen molar-refractivity contribution in [2.45, 2.75) is 32.4 Å². The van der Waals surface area contributed by atoms with Gasteiger partial charge in [0.25, 0.3) is 0 Å². The van der Waals surface area contributed by atoms with Gasteiger partial charge in [0.05, 0.1) is 23.1 Å². The lowest BCUT2D eigenvalue weighted by atomic mass is 10.2. The highest BCUT2D eigenvalue weighted by molar-refractivity contribution is 5.75. The maximum atomic E-state index is 4.75. The molecule has 2 heterocycles. The number of nitrogens with one attached hydrogen (secondary N) is 2. The maximum absolute atomic E-state index is 4.75. The SMILES string of the molecule is CCC(NC(C)c1nc2ccccc2n1C)c1ncc[nH]1. The van der Waals surface area contributed by atoms with E-state index in [1.807, 2.05) is 18.3 Å². The second kappa shape index (κ2) is 5.69. The Morgan fingerprint density at radius 2 is 2.14 bits per heavy atom. The molecule has 0 spiro atoms. The molecule has 0 amide bonds. The second-order valence-corrected chi connectivity index (χ2v) is 5.34. The van der Waals surface area contributed by atoms with Crippen LogP contribution in [0.15, 0.2) is 36.7 Å². The van der Waals surface area contributed by atoms with Gasteiger partial charge in [-0.2, -0.15) is 0 Å². The summed E-state index contributed by atoms with van der Waals surface area (Å²) >= 11 is 0. The van der Waals surface area contributed by atoms with Gasteiger partial charge in [-0.15, -0.1) is 0 Å². The van der Waals surface area contributed by atoms with Gasteiger partial charge in [0, 0.05) is 19.4 Å². The molecule has 2 atom stereocenters. The first-order chi connectivity index (χ1) is 10.2. The van der Waals surface area contributed by atoms with Crippen molar-refractivity contribution < 1.29 is 0 Å². The number of benzene rings is 1. The van der Waals surface area contributed by atoms with Crippen LogP contribution in [0, 0.1) is 0 Å². The van der Waals surface area contributed by atoms with E-state index < -0.39 is 0 Å². The molecule has 0 aliphatic rings. The zero-order valence-corrected chi connectivity index (χ0v) is 12.7. The normalized spacial score (nSPS) is 14.4. The Hall–Kier alpha value is -2.14. The van der Waals surface area contributed by atoms with Crippen LogP contribution in [-0.4, -0.2) is 19.5 Å². The molecule has 3 aromatic rings. The van der Waals surface area contributed by atoms with E-state index in [0.717, 1.165) is 29.1 Å². The van der Waals surface area contributed by atoms with Gasteiger partial charge in [-0.05, 0) is 25.5 Å². The molecule has 0 aliphatic carbocycles. The second-order valence-electron chi connectivity index (χ2n) is 5.34. The van der Waals surface area contributed by atoms with Crippen molar-refractivity contribution in [2.24, 2.45) is 7.05 Å². The van der Waals surface area contributed by atoms with Gasteiger partial charge < -0.3 is 9.55 Å². The number of hydrogen-bond acceptors (Lipinski definition) is 3. The van der Waals surface area contributed by atoms with E-state index in [9.17, 15) is 0 Å². The molecular weight excluding hydrogens is 262 g/mol. The van der Waals surface area contributed by atoms with E-state index in [2.05, 4.69) is 52.9 Å². The van der Waals surface area contributed by atoms with Crippen molar-refractivity contribution in [2.75, 3.05) is 0 Å². The van der Waals surface area contributed by atoms with Gasteiger partial charge in [-0.25, -0.2) is 9.97 Å². The smallest absolute Gasteiger partial charge is 0.126 e. The Morgan fingerprint density at radius 3 is 2.81 bits per heavy atom.